The number of ether oxygens (including phenoxy) is 1. The van der Waals surface area contributed by atoms with Gasteiger partial charge in [0.05, 0.1) is 10.7 Å². The Morgan fingerprint density at radius 3 is 2.43 bits per heavy atom. The quantitative estimate of drug-likeness (QED) is 0.832. The molecule has 0 aromatic heterocycles. The number of halogens is 2. The van der Waals surface area contributed by atoms with Gasteiger partial charge in [-0.1, -0.05) is 23.2 Å². The van der Waals surface area contributed by atoms with Crippen molar-refractivity contribution in [2.24, 2.45) is 0 Å². The molecule has 2 rings (SSSR count). The molecule has 0 aliphatic heterocycles. The average molecular weight is 347 g/mol. The monoisotopic (exact) mass is 346 g/mol. The van der Waals surface area contributed by atoms with Crippen LogP contribution in [0, 0.1) is 0 Å². The molecule has 0 aliphatic carbocycles. The molecule has 112 valence electrons. The first-order chi connectivity index (χ1) is 9.83. The standard InChI is InChI=1S/C13H12Cl2N2O3S/c1-17-21(18,19)13-5-3-9(7-11(13)16)20-12-4-2-8(14)6-10(12)15/h2-7,17H,16H2,1H3. The van der Waals surface area contributed by atoms with E-state index in [0.29, 0.717) is 21.5 Å². The second-order valence-corrected chi connectivity index (χ2v) is 6.78. The minimum Gasteiger partial charge on any atom is -0.456 e. The van der Waals surface area contributed by atoms with E-state index < -0.39 is 10.0 Å². The third-order valence-corrected chi connectivity index (χ3v) is 4.68. The third-order valence-electron chi connectivity index (χ3n) is 2.66. The molecule has 0 atom stereocenters. The van der Waals surface area contributed by atoms with E-state index in [2.05, 4.69) is 4.72 Å². The van der Waals surface area contributed by atoms with E-state index in [0.717, 1.165) is 0 Å². The maximum Gasteiger partial charge on any atom is 0.242 e. The van der Waals surface area contributed by atoms with Crippen molar-refractivity contribution in [3.05, 3.63) is 46.4 Å². The lowest BCUT2D eigenvalue weighted by Gasteiger charge is -2.11. The number of rotatable bonds is 4. The van der Waals surface area contributed by atoms with Crippen molar-refractivity contribution in [3.63, 3.8) is 0 Å². The molecule has 0 bridgehead atoms. The summed E-state index contributed by atoms with van der Waals surface area (Å²) in [5.74, 6) is 0.761. The fourth-order valence-electron chi connectivity index (χ4n) is 1.63. The zero-order chi connectivity index (χ0) is 15.6. The number of nitrogens with two attached hydrogens (primary N) is 1. The maximum absolute atomic E-state index is 11.7. The Bertz CT molecular complexity index is 779. The number of anilines is 1. The van der Waals surface area contributed by atoms with Crippen LogP contribution in [0.2, 0.25) is 10.0 Å². The lowest BCUT2D eigenvalue weighted by Crippen LogP contribution is -2.19. The molecule has 21 heavy (non-hydrogen) atoms. The first kappa shape index (κ1) is 15.9. The van der Waals surface area contributed by atoms with Crippen LogP contribution in [0.3, 0.4) is 0 Å². The molecule has 2 aromatic rings. The van der Waals surface area contributed by atoms with E-state index in [1.807, 2.05) is 0 Å². The van der Waals surface area contributed by atoms with Crippen molar-refractivity contribution in [1.82, 2.24) is 4.72 Å². The Morgan fingerprint density at radius 1 is 1.14 bits per heavy atom. The second-order valence-electron chi connectivity index (χ2n) is 4.08. The van der Waals surface area contributed by atoms with Crippen molar-refractivity contribution in [2.75, 3.05) is 12.8 Å². The molecule has 8 heteroatoms. The summed E-state index contributed by atoms with van der Waals surface area (Å²) < 4.78 is 31.2. The van der Waals surface area contributed by atoms with Gasteiger partial charge in [-0.25, -0.2) is 13.1 Å². The van der Waals surface area contributed by atoms with Crippen LogP contribution in [0.1, 0.15) is 0 Å². The predicted octanol–water partition coefficient (Wildman–Crippen LogP) is 3.28. The van der Waals surface area contributed by atoms with Crippen LogP contribution in [0.5, 0.6) is 11.5 Å². The molecular weight excluding hydrogens is 335 g/mol. The van der Waals surface area contributed by atoms with Crippen LogP contribution in [-0.2, 0) is 10.0 Å². The van der Waals surface area contributed by atoms with Gasteiger partial charge in [0, 0.05) is 11.1 Å². The van der Waals surface area contributed by atoms with Gasteiger partial charge in [-0.2, -0.15) is 0 Å². The van der Waals surface area contributed by atoms with Crippen LogP contribution >= 0.6 is 23.2 Å². The summed E-state index contributed by atoms with van der Waals surface area (Å²) in [7, 11) is -2.29. The number of nitrogen functional groups attached to an aromatic ring is 1. The predicted molar refractivity (Wildman–Crippen MR) is 83.6 cm³/mol. The fourth-order valence-corrected chi connectivity index (χ4v) is 2.91. The summed E-state index contributed by atoms with van der Waals surface area (Å²) in [6.45, 7) is 0. The van der Waals surface area contributed by atoms with Crippen LogP contribution in [0.15, 0.2) is 41.3 Å². The topological polar surface area (TPSA) is 81.4 Å². The Morgan fingerprint density at radius 2 is 1.86 bits per heavy atom. The molecule has 0 radical (unpaired) electrons. The van der Waals surface area contributed by atoms with Crippen molar-refractivity contribution in [1.29, 1.82) is 0 Å². The summed E-state index contributed by atoms with van der Waals surface area (Å²) in [6, 6.07) is 9.05. The highest BCUT2D eigenvalue weighted by atomic mass is 35.5. The molecule has 0 spiro atoms. The highest BCUT2D eigenvalue weighted by Gasteiger charge is 2.16. The van der Waals surface area contributed by atoms with Crippen molar-refractivity contribution < 1.29 is 13.2 Å². The lowest BCUT2D eigenvalue weighted by atomic mass is 10.3. The van der Waals surface area contributed by atoms with Crippen molar-refractivity contribution >= 4 is 38.9 Å². The van der Waals surface area contributed by atoms with E-state index in [1.165, 1.54) is 25.2 Å². The first-order valence-corrected chi connectivity index (χ1v) is 8.03. The van der Waals surface area contributed by atoms with Crippen LogP contribution in [0.25, 0.3) is 0 Å². The Labute approximate surface area is 132 Å². The zero-order valence-corrected chi connectivity index (χ0v) is 13.3. The largest absolute Gasteiger partial charge is 0.456 e. The summed E-state index contributed by atoms with van der Waals surface area (Å²) >= 11 is 11.8. The lowest BCUT2D eigenvalue weighted by molar-refractivity contribution is 0.483. The summed E-state index contributed by atoms with van der Waals surface area (Å²) in [5.41, 5.74) is 5.82. The van der Waals surface area contributed by atoms with E-state index in [4.69, 9.17) is 33.7 Å². The van der Waals surface area contributed by atoms with E-state index in [1.54, 1.807) is 18.2 Å². The van der Waals surface area contributed by atoms with E-state index in [-0.39, 0.29) is 10.6 Å². The van der Waals surface area contributed by atoms with Crippen molar-refractivity contribution in [3.8, 4) is 11.5 Å². The van der Waals surface area contributed by atoms with E-state index in [9.17, 15) is 8.42 Å². The van der Waals surface area contributed by atoms with Gasteiger partial charge in [0.25, 0.3) is 0 Å². The minimum absolute atomic E-state index is 0.0143. The molecule has 3 N–H and O–H groups in total. The Balaban J connectivity index is 2.33. The fraction of sp³-hybridized carbons (Fsp3) is 0.0769. The molecule has 5 nitrogen and oxygen atoms in total. The zero-order valence-electron chi connectivity index (χ0n) is 10.9. The summed E-state index contributed by atoms with van der Waals surface area (Å²) in [6.07, 6.45) is 0. The summed E-state index contributed by atoms with van der Waals surface area (Å²) in [4.78, 5) is -0.0143. The third kappa shape index (κ3) is 3.59. The number of benzene rings is 2. The van der Waals surface area contributed by atoms with Gasteiger partial charge in [0.15, 0.2) is 0 Å². The molecule has 0 unspecified atom stereocenters. The van der Waals surface area contributed by atoms with Crippen LogP contribution in [0.4, 0.5) is 5.69 Å². The molecule has 2 aromatic carbocycles. The molecular formula is C13H12Cl2N2O3S. The van der Waals surface area contributed by atoms with Gasteiger partial charge in [-0.3, -0.25) is 0 Å². The molecule has 0 fully saturated rings. The van der Waals surface area contributed by atoms with Gasteiger partial charge in [-0.05, 0) is 37.4 Å². The average Bonchev–Trinajstić information content (AvgIpc) is 2.42. The van der Waals surface area contributed by atoms with E-state index >= 15 is 0 Å². The van der Waals surface area contributed by atoms with Gasteiger partial charge >= 0.3 is 0 Å². The maximum atomic E-state index is 11.7. The SMILES string of the molecule is CNS(=O)(=O)c1ccc(Oc2ccc(Cl)cc2Cl)cc1N. The smallest absolute Gasteiger partial charge is 0.242 e. The van der Waals surface area contributed by atoms with Crippen LogP contribution < -0.4 is 15.2 Å². The van der Waals surface area contributed by atoms with Gasteiger partial charge < -0.3 is 10.5 Å². The summed E-state index contributed by atoms with van der Waals surface area (Å²) in [5, 5.41) is 0.829. The molecule has 0 saturated carbocycles. The highest BCUT2D eigenvalue weighted by Crippen LogP contribution is 2.33. The number of hydrogen-bond donors (Lipinski definition) is 2. The first-order valence-electron chi connectivity index (χ1n) is 5.79. The van der Waals surface area contributed by atoms with Crippen LogP contribution in [-0.4, -0.2) is 15.5 Å². The molecule has 0 saturated heterocycles. The number of nitrogens with one attached hydrogen (secondary N) is 1. The Kier molecular flexibility index (Phi) is 4.63. The molecule has 0 heterocycles. The minimum atomic E-state index is -3.61. The molecule has 0 amide bonds. The second kappa shape index (κ2) is 6.11. The van der Waals surface area contributed by atoms with Gasteiger partial charge in [-0.15, -0.1) is 0 Å². The van der Waals surface area contributed by atoms with Gasteiger partial charge in [0.2, 0.25) is 10.0 Å². The van der Waals surface area contributed by atoms with Crippen molar-refractivity contribution in [2.45, 2.75) is 4.90 Å². The number of hydrogen-bond acceptors (Lipinski definition) is 4. The Hall–Kier alpha value is -1.47. The molecule has 0 aliphatic rings. The van der Waals surface area contributed by atoms with Gasteiger partial charge in [0.1, 0.15) is 16.4 Å². The normalized spacial score (nSPS) is 11.4. The highest BCUT2D eigenvalue weighted by molar-refractivity contribution is 7.89. The number of sulfonamides is 1.